The lowest BCUT2D eigenvalue weighted by atomic mass is 9.82. The number of rotatable bonds is 3. The molecule has 0 saturated carbocycles. The van der Waals surface area contributed by atoms with Gasteiger partial charge >= 0.3 is 0 Å². The van der Waals surface area contributed by atoms with Gasteiger partial charge < -0.3 is 10.1 Å². The molecule has 3 saturated heterocycles. The number of amides is 1. The molecule has 21 heavy (non-hydrogen) atoms. The molecule has 4 heterocycles. The van der Waals surface area contributed by atoms with E-state index >= 15 is 0 Å². The number of fused-ring (bicyclic) bond motifs is 5. The first kappa shape index (κ1) is 13.3. The molecule has 2 bridgehead atoms. The number of H-pyrrole nitrogens is 1. The summed E-state index contributed by atoms with van der Waals surface area (Å²) >= 11 is 0. The molecule has 0 aliphatic carbocycles. The molecule has 3 fully saturated rings. The monoisotopic (exact) mass is 290 g/mol. The highest BCUT2D eigenvalue weighted by atomic mass is 16.5. The standard InChI is InChI=1S/C15H22N4O2/c1-8-15(9(2)18-17-8)16-14(20)7-19-5-10-11(6-19)13-4-3-12(10)21-13/h10-13H,3-7H2,1-2H3,(H,16,20)(H,17,18). The number of aromatic nitrogens is 2. The van der Waals surface area contributed by atoms with E-state index < -0.39 is 0 Å². The van der Waals surface area contributed by atoms with Gasteiger partial charge in [0.15, 0.2) is 0 Å². The van der Waals surface area contributed by atoms with Crippen LogP contribution in [-0.4, -0.2) is 52.8 Å². The highest BCUT2D eigenvalue weighted by Gasteiger charge is 2.52. The lowest BCUT2D eigenvalue weighted by Crippen LogP contribution is -2.33. The van der Waals surface area contributed by atoms with Crippen molar-refractivity contribution in [3.8, 4) is 0 Å². The number of likely N-dealkylation sites (tertiary alicyclic amines) is 1. The van der Waals surface area contributed by atoms with Crippen LogP contribution in [-0.2, 0) is 9.53 Å². The molecule has 4 atom stereocenters. The fourth-order valence-corrected chi connectivity index (χ4v) is 4.29. The number of anilines is 1. The number of hydrogen-bond donors (Lipinski definition) is 2. The third-order valence-corrected chi connectivity index (χ3v) is 5.29. The lowest BCUT2D eigenvalue weighted by Gasteiger charge is -2.18. The lowest BCUT2D eigenvalue weighted by molar-refractivity contribution is -0.117. The van der Waals surface area contributed by atoms with Gasteiger partial charge in [-0.15, -0.1) is 0 Å². The smallest absolute Gasteiger partial charge is 0.238 e. The molecular weight excluding hydrogens is 268 g/mol. The normalized spacial score (nSPS) is 34.4. The van der Waals surface area contributed by atoms with Crippen LogP contribution in [0.4, 0.5) is 5.69 Å². The van der Waals surface area contributed by atoms with Crippen LogP contribution in [0, 0.1) is 25.7 Å². The molecule has 1 aromatic rings. The number of ether oxygens (including phenoxy) is 1. The number of nitrogens with zero attached hydrogens (tertiary/aromatic N) is 2. The molecule has 3 aliphatic heterocycles. The zero-order valence-electron chi connectivity index (χ0n) is 12.6. The summed E-state index contributed by atoms with van der Waals surface area (Å²) in [5.41, 5.74) is 2.57. The molecule has 0 spiro atoms. The number of carbonyl (C=O) groups excluding carboxylic acids is 1. The van der Waals surface area contributed by atoms with Crippen LogP contribution in [0.1, 0.15) is 24.2 Å². The highest BCUT2D eigenvalue weighted by Crippen LogP contribution is 2.47. The van der Waals surface area contributed by atoms with Gasteiger partial charge in [0.05, 0.1) is 35.8 Å². The molecule has 6 heteroatoms. The zero-order valence-corrected chi connectivity index (χ0v) is 12.6. The molecule has 4 rings (SSSR count). The van der Waals surface area contributed by atoms with Crippen molar-refractivity contribution in [2.45, 2.75) is 38.9 Å². The predicted molar refractivity (Wildman–Crippen MR) is 78.0 cm³/mol. The number of aryl methyl sites for hydroxylation is 2. The van der Waals surface area contributed by atoms with E-state index in [4.69, 9.17) is 4.74 Å². The molecule has 114 valence electrons. The maximum absolute atomic E-state index is 12.2. The molecule has 6 nitrogen and oxygen atoms in total. The largest absolute Gasteiger partial charge is 0.374 e. The molecular formula is C15H22N4O2. The Labute approximate surface area is 124 Å². The van der Waals surface area contributed by atoms with Gasteiger partial charge in [-0.05, 0) is 26.7 Å². The van der Waals surface area contributed by atoms with E-state index in [0.717, 1.165) is 30.2 Å². The number of nitrogens with one attached hydrogen (secondary N) is 2. The van der Waals surface area contributed by atoms with Crippen LogP contribution >= 0.6 is 0 Å². The first-order valence-electron chi connectivity index (χ1n) is 7.81. The second kappa shape index (κ2) is 4.81. The van der Waals surface area contributed by atoms with E-state index in [1.807, 2.05) is 13.8 Å². The van der Waals surface area contributed by atoms with Crippen molar-refractivity contribution in [2.24, 2.45) is 11.8 Å². The molecule has 0 aromatic carbocycles. The third-order valence-electron chi connectivity index (χ3n) is 5.29. The van der Waals surface area contributed by atoms with Gasteiger partial charge in [-0.25, -0.2) is 0 Å². The van der Waals surface area contributed by atoms with E-state index in [1.54, 1.807) is 0 Å². The summed E-state index contributed by atoms with van der Waals surface area (Å²) in [6.45, 7) is 6.29. The summed E-state index contributed by atoms with van der Waals surface area (Å²) in [6.07, 6.45) is 3.32. The third kappa shape index (κ3) is 2.17. The van der Waals surface area contributed by atoms with Crippen LogP contribution in [0.15, 0.2) is 0 Å². The molecule has 3 aliphatic rings. The number of carbonyl (C=O) groups is 1. The summed E-state index contributed by atoms with van der Waals surface area (Å²) in [4.78, 5) is 14.5. The van der Waals surface area contributed by atoms with Gasteiger partial charge in [0.25, 0.3) is 0 Å². The zero-order chi connectivity index (χ0) is 14.6. The Morgan fingerprint density at radius 2 is 2.00 bits per heavy atom. The van der Waals surface area contributed by atoms with Gasteiger partial charge in [0, 0.05) is 24.9 Å². The van der Waals surface area contributed by atoms with Crippen LogP contribution in [0.25, 0.3) is 0 Å². The van der Waals surface area contributed by atoms with Crippen molar-refractivity contribution in [1.29, 1.82) is 0 Å². The maximum Gasteiger partial charge on any atom is 0.238 e. The van der Waals surface area contributed by atoms with Crippen molar-refractivity contribution < 1.29 is 9.53 Å². The first-order chi connectivity index (χ1) is 10.1. The van der Waals surface area contributed by atoms with E-state index in [1.165, 1.54) is 12.8 Å². The summed E-state index contributed by atoms with van der Waals surface area (Å²) in [6, 6.07) is 0. The van der Waals surface area contributed by atoms with Gasteiger partial charge in [-0.2, -0.15) is 5.10 Å². The van der Waals surface area contributed by atoms with Crippen molar-refractivity contribution in [3.63, 3.8) is 0 Å². The van der Waals surface area contributed by atoms with Gasteiger partial charge in [-0.3, -0.25) is 14.8 Å². The fourth-order valence-electron chi connectivity index (χ4n) is 4.29. The van der Waals surface area contributed by atoms with E-state index in [-0.39, 0.29) is 5.91 Å². The van der Waals surface area contributed by atoms with Crippen LogP contribution in [0.5, 0.6) is 0 Å². The molecule has 1 amide bonds. The first-order valence-corrected chi connectivity index (χ1v) is 7.81. The Morgan fingerprint density at radius 1 is 1.33 bits per heavy atom. The molecule has 0 radical (unpaired) electrons. The van der Waals surface area contributed by atoms with Crippen molar-refractivity contribution >= 4 is 11.6 Å². The summed E-state index contributed by atoms with van der Waals surface area (Å²) in [7, 11) is 0. The Bertz CT molecular complexity index is 533. The summed E-state index contributed by atoms with van der Waals surface area (Å²) in [5.74, 6) is 1.35. The van der Waals surface area contributed by atoms with Gasteiger partial charge in [0.2, 0.25) is 5.91 Å². The van der Waals surface area contributed by atoms with E-state index in [0.29, 0.717) is 30.6 Å². The maximum atomic E-state index is 12.2. The van der Waals surface area contributed by atoms with Crippen molar-refractivity contribution in [1.82, 2.24) is 15.1 Å². The minimum atomic E-state index is 0.0517. The Kier molecular flexibility index (Phi) is 3.04. The van der Waals surface area contributed by atoms with Crippen molar-refractivity contribution in [3.05, 3.63) is 11.4 Å². The summed E-state index contributed by atoms with van der Waals surface area (Å²) < 4.78 is 5.97. The van der Waals surface area contributed by atoms with Crippen LogP contribution in [0.3, 0.4) is 0 Å². The fraction of sp³-hybridized carbons (Fsp3) is 0.733. The van der Waals surface area contributed by atoms with Crippen LogP contribution in [0.2, 0.25) is 0 Å². The average molecular weight is 290 g/mol. The highest BCUT2D eigenvalue weighted by molar-refractivity contribution is 5.93. The second-order valence-electron chi connectivity index (χ2n) is 6.67. The Balaban J connectivity index is 1.36. The Hall–Kier alpha value is -1.40. The quantitative estimate of drug-likeness (QED) is 0.874. The number of hydrogen-bond acceptors (Lipinski definition) is 4. The minimum absolute atomic E-state index is 0.0517. The summed E-state index contributed by atoms with van der Waals surface area (Å²) in [5, 5.41) is 9.98. The second-order valence-corrected chi connectivity index (χ2v) is 6.67. The number of aromatic amines is 1. The SMILES string of the molecule is Cc1n[nH]c(C)c1NC(=O)CN1CC2C3CCC(O3)C2C1. The molecule has 4 unspecified atom stereocenters. The molecule has 2 N–H and O–H groups in total. The predicted octanol–water partition coefficient (Wildman–Crippen LogP) is 1.07. The van der Waals surface area contributed by atoms with Gasteiger partial charge in [0.1, 0.15) is 0 Å². The minimum Gasteiger partial charge on any atom is -0.374 e. The van der Waals surface area contributed by atoms with Crippen molar-refractivity contribution in [2.75, 3.05) is 25.0 Å². The van der Waals surface area contributed by atoms with E-state index in [2.05, 4.69) is 20.4 Å². The van der Waals surface area contributed by atoms with E-state index in [9.17, 15) is 4.79 Å². The van der Waals surface area contributed by atoms with Gasteiger partial charge in [-0.1, -0.05) is 0 Å². The molecule has 1 aromatic heterocycles. The topological polar surface area (TPSA) is 70.2 Å². The Morgan fingerprint density at radius 3 is 2.57 bits per heavy atom. The average Bonchev–Trinajstić information content (AvgIpc) is 3.16. The van der Waals surface area contributed by atoms with Crippen LogP contribution < -0.4 is 5.32 Å².